The molecule has 192 valence electrons. The highest BCUT2D eigenvalue weighted by atomic mass is 19.4. The van der Waals surface area contributed by atoms with Crippen LogP contribution in [-0.2, 0) is 22.1 Å². The number of ether oxygens (including phenoxy) is 2. The maximum Gasteiger partial charge on any atom is 0.416 e. The maximum absolute atomic E-state index is 14.7. The van der Waals surface area contributed by atoms with Crippen LogP contribution in [0.1, 0.15) is 53.9 Å². The molecule has 3 rings (SSSR count). The molecule has 0 saturated heterocycles. The van der Waals surface area contributed by atoms with E-state index in [1.54, 1.807) is 0 Å². The van der Waals surface area contributed by atoms with Crippen molar-refractivity contribution in [3.05, 3.63) is 70.8 Å². The summed E-state index contributed by atoms with van der Waals surface area (Å²) in [5.74, 6) is -5.11. The topological polar surface area (TPSA) is 105 Å². The van der Waals surface area contributed by atoms with Gasteiger partial charge in [-0.3, -0.25) is 9.59 Å². The number of amides is 1. The summed E-state index contributed by atoms with van der Waals surface area (Å²) in [6.45, 7) is 2.45. The van der Waals surface area contributed by atoms with Crippen LogP contribution in [0.5, 0.6) is 5.75 Å². The number of aromatic nitrogens is 1. The predicted molar refractivity (Wildman–Crippen MR) is 116 cm³/mol. The molecule has 3 aromatic rings. The van der Waals surface area contributed by atoms with Gasteiger partial charge >= 0.3 is 12.1 Å². The van der Waals surface area contributed by atoms with Crippen LogP contribution in [0.4, 0.5) is 22.0 Å². The third kappa shape index (κ3) is 5.99. The molecule has 1 unspecified atom stereocenters. The van der Waals surface area contributed by atoms with Crippen molar-refractivity contribution in [3.63, 3.8) is 0 Å². The van der Waals surface area contributed by atoms with E-state index in [9.17, 15) is 31.5 Å². The van der Waals surface area contributed by atoms with E-state index in [1.165, 1.54) is 12.1 Å². The number of carbonyl (C=O) groups excluding carboxylic acids is 2. The first-order chi connectivity index (χ1) is 16.9. The molecule has 0 aliphatic heterocycles. The molecule has 0 fully saturated rings. The van der Waals surface area contributed by atoms with Gasteiger partial charge in [0, 0.05) is 18.9 Å². The van der Waals surface area contributed by atoms with Crippen LogP contribution in [0.15, 0.2) is 40.8 Å². The van der Waals surface area contributed by atoms with Crippen molar-refractivity contribution >= 4 is 11.9 Å². The van der Waals surface area contributed by atoms with Crippen molar-refractivity contribution in [1.29, 1.82) is 0 Å². The van der Waals surface area contributed by atoms with E-state index in [0.29, 0.717) is 24.2 Å². The Morgan fingerprint density at radius 1 is 1.11 bits per heavy atom. The van der Waals surface area contributed by atoms with Gasteiger partial charge in [0.2, 0.25) is 12.0 Å². The highest BCUT2D eigenvalue weighted by Gasteiger charge is 2.31. The lowest BCUT2D eigenvalue weighted by Gasteiger charge is -2.17. The lowest BCUT2D eigenvalue weighted by Crippen LogP contribution is -2.20. The van der Waals surface area contributed by atoms with Crippen molar-refractivity contribution in [3.8, 4) is 17.0 Å². The van der Waals surface area contributed by atoms with Crippen LogP contribution in [0.25, 0.3) is 11.3 Å². The van der Waals surface area contributed by atoms with Crippen molar-refractivity contribution in [2.45, 2.75) is 39.0 Å². The third-order valence-electron chi connectivity index (χ3n) is 4.96. The highest BCUT2D eigenvalue weighted by molar-refractivity contribution is 5.93. The largest absolute Gasteiger partial charge is 0.474 e. The molecule has 0 aliphatic carbocycles. The predicted octanol–water partition coefficient (Wildman–Crippen LogP) is 5.37. The number of oxazole rings is 1. The lowest BCUT2D eigenvalue weighted by atomic mass is 10.1. The fraction of sp³-hybridized carbons (Fsp3) is 0.292. The van der Waals surface area contributed by atoms with Crippen molar-refractivity contribution in [2.24, 2.45) is 5.73 Å². The minimum Gasteiger partial charge on any atom is -0.474 e. The van der Waals surface area contributed by atoms with Gasteiger partial charge in [-0.15, -0.1) is 0 Å². The van der Waals surface area contributed by atoms with Crippen LogP contribution in [0, 0.1) is 11.6 Å². The second kappa shape index (κ2) is 10.8. The zero-order valence-electron chi connectivity index (χ0n) is 19.1. The second-order valence-electron chi connectivity index (χ2n) is 7.66. The van der Waals surface area contributed by atoms with Crippen LogP contribution in [0.2, 0.25) is 0 Å². The standard InChI is InChI=1S/C24H21F5N2O5/c1-3-4-17-21(13-5-7-14(8-6-13)24(27,28)29)31-23(36-17)18(11-34-12(2)32)35-16-10-9-15(25)19(20(16)26)22(30)33/h5-10,18H,3-4,11H2,1-2H3,(H2,30,33). The van der Waals surface area contributed by atoms with Crippen LogP contribution >= 0.6 is 0 Å². The van der Waals surface area contributed by atoms with E-state index in [0.717, 1.165) is 31.2 Å². The molecule has 0 bridgehead atoms. The Morgan fingerprint density at radius 2 is 1.78 bits per heavy atom. The fourth-order valence-corrected chi connectivity index (χ4v) is 3.30. The van der Waals surface area contributed by atoms with Gasteiger partial charge in [0.05, 0.1) is 5.56 Å². The maximum atomic E-state index is 14.7. The molecule has 36 heavy (non-hydrogen) atoms. The van der Waals surface area contributed by atoms with Gasteiger partial charge in [-0.25, -0.2) is 13.8 Å². The van der Waals surface area contributed by atoms with Crippen molar-refractivity contribution in [1.82, 2.24) is 4.98 Å². The third-order valence-corrected chi connectivity index (χ3v) is 4.96. The number of rotatable bonds is 9. The number of hydrogen-bond donors (Lipinski definition) is 1. The van der Waals surface area contributed by atoms with Gasteiger partial charge in [0.15, 0.2) is 11.6 Å². The molecule has 1 atom stereocenters. The van der Waals surface area contributed by atoms with Gasteiger partial charge in [-0.1, -0.05) is 19.1 Å². The van der Waals surface area contributed by atoms with E-state index in [-0.39, 0.29) is 11.6 Å². The minimum atomic E-state index is -4.52. The monoisotopic (exact) mass is 512 g/mol. The van der Waals surface area contributed by atoms with Gasteiger partial charge in [-0.2, -0.15) is 13.2 Å². The zero-order valence-corrected chi connectivity index (χ0v) is 19.1. The number of nitrogens with two attached hydrogens (primary N) is 1. The summed E-state index contributed by atoms with van der Waals surface area (Å²) in [7, 11) is 0. The summed E-state index contributed by atoms with van der Waals surface area (Å²) in [6, 6.07) is 5.92. The number of halogens is 5. The van der Waals surface area contributed by atoms with Crippen molar-refractivity contribution < 1.29 is 45.4 Å². The Morgan fingerprint density at radius 3 is 2.33 bits per heavy atom. The fourth-order valence-electron chi connectivity index (χ4n) is 3.30. The Labute approximate surface area is 202 Å². The molecule has 12 heteroatoms. The Hall–Kier alpha value is -3.96. The molecule has 0 saturated carbocycles. The first-order valence-corrected chi connectivity index (χ1v) is 10.7. The van der Waals surface area contributed by atoms with Crippen molar-refractivity contribution in [2.75, 3.05) is 6.61 Å². The highest BCUT2D eigenvalue weighted by Crippen LogP contribution is 2.34. The smallest absolute Gasteiger partial charge is 0.416 e. The van der Waals surface area contributed by atoms with E-state index in [1.807, 2.05) is 6.92 Å². The molecule has 0 aliphatic rings. The molecule has 0 spiro atoms. The Balaban J connectivity index is 2.03. The summed E-state index contributed by atoms with van der Waals surface area (Å²) in [6.07, 6.45) is -4.94. The number of esters is 1. The summed E-state index contributed by atoms with van der Waals surface area (Å²) >= 11 is 0. The van der Waals surface area contributed by atoms with E-state index in [4.69, 9.17) is 19.6 Å². The number of benzene rings is 2. The molecule has 0 radical (unpaired) electrons. The number of alkyl halides is 3. The molecule has 7 nitrogen and oxygen atoms in total. The molecule has 2 N–H and O–H groups in total. The van der Waals surface area contributed by atoms with Gasteiger partial charge in [0.25, 0.3) is 5.91 Å². The van der Waals surface area contributed by atoms with Crippen LogP contribution in [-0.4, -0.2) is 23.5 Å². The van der Waals surface area contributed by atoms with E-state index in [2.05, 4.69) is 4.98 Å². The second-order valence-corrected chi connectivity index (χ2v) is 7.66. The molecule has 1 amide bonds. The lowest BCUT2D eigenvalue weighted by molar-refractivity contribution is -0.144. The van der Waals surface area contributed by atoms with E-state index < -0.39 is 59.3 Å². The summed E-state index contributed by atoms with van der Waals surface area (Å²) < 4.78 is 83.7. The Bertz CT molecular complexity index is 1260. The zero-order chi connectivity index (χ0) is 26.6. The number of aryl methyl sites for hydroxylation is 1. The molecule has 1 heterocycles. The average Bonchev–Trinajstić information content (AvgIpc) is 3.21. The Kier molecular flexibility index (Phi) is 7.96. The number of primary amides is 1. The summed E-state index contributed by atoms with van der Waals surface area (Å²) in [4.78, 5) is 27.2. The number of carbonyl (C=O) groups is 2. The average molecular weight is 512 g/mol. The first kappa shape index (κ1) is 26.6. The van der Waals surface area contributed by atoms with Gasteiger partial charge in [-0.05, 0) is 30.7 Å². The first-order valence-electron chi connectivity index (χ1n) is 10.7. The summed E-state index contributed by atoms with van der Waals surface area (Å²) in [5.41, 5.74) is 3.70. The minimum absolute atomic E-state index is 0.182. The number of nitrogens with zero attached hydrogens (tertiary/aromatic N) is 1. The molecule has 1 aromatic heterocycles. The SMILES string of the molecule is CCCc1oc(C(COC(C)=O)Oc2ccc(F)c(C(N)=O)c2F)nc1-c1ccc(C(F)(F)F)cc1. The molecule has 2 aromatic carbocycles. The number of hydrogen-bond acceptors (Lipinski definition) is 6. The van der Waals surface area contributed by atoms with E-state index >= 15 is 0 Å². The van der Waals surface area contributed by atoms with Gasteiger partial charge < -0.3 is 19.6 Å². The van der Waals surface area contributed by atoms with Gasteiger partial charge in [0.1, 0.15) is 29.4 Å². The normalized spacial score (nSPS) is 12.3. The quantitative estimate of drug-likeness (QED) is 0.305. The molecular weight excluding hydrogens is 491 g/mol. The van der Waals surface area contributed by atoms with Crippen LogP contribution < -0.4 is 10.5 Å². The molecular formula is C24H21F5N2O5. The van der Waals surface area contributed by atoms with Crippen LogP contribution in [0.3, 0.4) is 0 Å². The summed E-state index contributed by atoms with van der Waals surface area (Å²) in [5, 5.41) is 0.